The zero-order chi connectivity index (χ0) is 46.3. The molecule has 1 saturated carbocycles. The summed E-state index contributed by atoms with van der Waals surface area (Å²) in [6.07, 6.45) is 55.0. The Morgan fingerprint density at radius 2 is 1.06 bits per heavy atom. The third-order valence-corrected chi connectivity index (χ3v) is 23.6. The Hall–Kier alpha value is -2.00. The summed E-state index contributed by atoms with van der Waals surface area (Å²) in [6.45, 7) is 21.7. The summed E-state index contributed by atoms with van der Waals surface area (Å²) < 4.78 is 20.2. The molecule has 0 amide bonds. The highest BCUT2D eigenvalue weighted by Gasteiger charge is 2.45. The van der Waals surface area contributed by atoms with Crippen molar-refractivity contribution in [1.29, 1.82) is 0 Å². The van der Waals surface area contributed by atoms with Gasteiger partial charge in [0.25, 0.3) is 0 Å². The van der Waals surface area contributed by atoms with Gasteiger partial charge in [0.15, 0.2) is 16.6 Å². The molecule has 6 heteroatoms. The van der Waals surface area contributed by atoms with Crippen molar-refractivity contribution >= 4 is 22.6 Å². The Kier molecular flexibility index (Phi) is 36.7. The molecule has 1 aliphatic carbocycles. The molecule has 0 heterocycles. The highest BCUT2D eigenvalue weighted by Crippen LogP contribution is 2.46. The van der Waals surface area contributed by atoms with Crippen molar-refractivity contribution in [2.24, 2.45) is 17.8 Å². The molecule has 0 aromatic rings. The molecule has 0 saturated heterocycles. The van der Waals surface area contributed by atoms with E-state index in [1.54, 1.807) is 0 Å². The molecule has 0 bridgehead atoms. The van der Waals surface area contributed by atoms with E-state index in [0.717, 1.165) is 70.6 Å². The SMILES string of the molecule is CC/C=C\C/C=C\C/C=C\C/C=C\C/C=C\C/C=C\CCCOC(=O)CCC/C=C\C[C@@H]1[C@@H](CC[C@H](CCCCCCC)O[Si](CC)(CC)CC)[C@H](O[Si](CC)(CC)CC)C[C@@H]1C. The zero-order valence-electron chi connectivity index (χ0n) is 42.9. The molecular weight excluding hydrogens is 805 g/mol. The summed E-state index contributed by atoms with van der Waals surface area (Å²) in [7, 11) is -3.40. The number of unbranched alkanes of at least 4 members (excludes halogenated alkanes) is 6. The molecule has 0 unspecified atom stereocenters. The summed E-state index contributed by atoms with van der Waals surface area (Å²) >= 11 is 0. The van der Waals surface area contributed by atoms with E-state index in [0.29, 0.717) is 43.0 Å². The van der Waals surface area contributed by atoms with Crippen LogP contribution in [0.5, 0.6) is 0 Å². The van der Waals surface area contributed by atoms with E-state index in [4.69, 9.17) is 13.6 Å². The number of carbonyl (C=O) groups is 1. The fraction of sp³-hybridized carbons (Fsp3) is 0.737. The van der Waals surface area contributed by atoms with Gasteiger partial charge < -0.3 is 13.6 Å². The van der Waals surface area contributed by atoms with Gasteiger partial charge >= 0.3 is 5.97 Å². The molecule has 1 rings (SSSR count). The van der Waals surface area contributed by atoms with E-state index >= 15 is 0 Å². The third-order valence-electron chi connectivity index (χ3n) is 14.2. The molecule has 1 aliphatic rings. The second kappa shape index (κ2) is 39.2. The molecule has 0 aromatic carbocycles. The molecule has 0 spiro atoms. The first-order chi connectivity index (χ1) is 30.7. The van der Waals surface area contributed by atoms with Crippen LogP contribution in [0.4, 0.5) is 0 Å². The summed E-state index contributed by atoms with van der Waals surface area (Å²) in [4.78, 5) is 12.5. The minimum Gasteiger partial charge on any atom is -0.466 e. The van der Waals surface area contributed by atoms with Crippen molar-refractivity contribution in [2.45, 2.75) is 246 Å². The second-order valence-electron chi connectivity index (χ2n) is 18.6. The summed E-state index contributed by atoms with van der Waals surface area (Å²) in [6, 6.07) is 7.34. The number of hydrogen-bond donors (Lipinski definition) is 0. The Bertz CT molecular complexity index is 1290. The summed E-state index contributed by atoms with van der Waals surface area (Å²) in [5.74, 6) is 1.84. The van der Waals surface area contributed by atoms with Crippen LogP contribution in [0.1, 0.15) is 197 Å². The monoisotopic (exact) mass is 907 g/mol. The Labute approximate surface area is 394 Å². The molecule has 1 fully saturated rings. The van der Waals surface area contributed by atoms with Gasteiger partial charge in [0, 0.05) is 18.6 Å². The third kappa shape index (κ3) is 27.3. The lowest BCUT2D eigenvalue weighted by Crippen LogP contribution is -2.42. The lowest BCUT2D eigenvalue weighted by atomic mass is 9.83. The summed E-state index contributed by atoms with van der Waals surface area (Å²) in [5, 5.41) is 0. The molecule has 0 aliphatic heterocycles. The lowest BCUT2D eigenvalue weighted by Gasteiger charge is -2.37. The van der Waals surface area contributed by atoms with E-state index in [-0.39, 0.29) is 5.97 Å². The van der Waals surface area contributed by atoms with Gasteiger partial charge in [0.1, 0.15) is 0 Å². The molecule has 0 radical (unpaired) electrons. The molecule has 4 nitrogen and oxygen atoms in total. The van der Waals surface area contributed by atoms with Crippen molar-refractivity contribution in [3.05, 3.63) is 85.1 Å². The van der Waals surface area contributed by atoms with Crippen LogP contribution in [0.15, 0.2) is 85.1 Å². The lowest BCUT2D eigenvalue weighted by molar-refractivity contribution is -0.143. The van der Waals surface area contributed by atoms with Gasteiger partial charge in [-0.15, -0.1) is 0 Å². The molecule has 0 aromatic heterocycles. The molecule has 362 valence electrons. The van der Waals surface area contributed by atoms with E-state index < -0.39 is 16.6 Å². The summed E-state index contributed by atoms with van der Waals surface area (Å²) in [5.41, 5.74) is 0. The van der Waals surface area contributed by atoms with Gasteiger partial charge in [-0.05, 0) is 150 Å². The number of rotatable bonds is 40. The molecule has 5 atom stereocenters. The largest absolute Gasteiger partial charge is 0.466 e. The van der Waals surface area contributed by atoms with Crippen LogP contribution in [-0.2, 0) is 18.4 Å². The normalized spacial score (nSPS) is 19.6. The van der Waals surface area contributed by atoms with Crippen molar-refractivity contribution in [3.8, 4) is 0 Å². The van der Waals surface area contributed by atoms with Gasteiger partial charge in [-0.2, -0.15) is 0 Å². The van der Waals surface area contributed by atoms with E-state index in [2.05, 4.69) is 147 Å². The van der Waals surface area contributed by atoms with Crippen LogP contribution in [0.2, 0.25) is 36.3 Å². The van der Waals surface area contributed by atoms with Crippen LogP contribution in [0.3, 0.4) is 0 Å². The molecule has 0 N–H and O–H groups in total. The fourth-order valence-corrected chi connectivity index (χ4v) is 15.3. The van der Waals surface area contributed by atoms with Gasteiger partial charge in [-0.25, -0.2) is 0 Å². The topological polar surface area (TPSA) is 44.8 Å². The number of allylic oxidation sites excluding steroid dienone is 14. The van der Waals surface area contributed by atoms with E-state index in [9.17, 15) is 4.79 Å². The van der Waals surface area contributed by atoms with Crippen LogP contribution < -0.4 is 0 Å². The van der Waals surface area contributed by atoms with Crippen LogP contribution in [0.25, 0.3) is 0 Å². The first kappa shape index (κ1) is 59.0. The van der Waals surface area contributed by atoms with Gasteiger partial charge in [0.05, 0.1) is 6.61 Å². The predicted molar refractivity (Wildman–Crippen MR) is 284 cm³/mol. The quantitative estimate of drug-likeness (QED) is 0.0266. The fourth-order valence-electron chi connectivity index (χ4n) is 9.48. The van der Waals surface area contributed by atoms with Crippen LogP contribution in [-0.4, -0.2) is 41.4 Å². The minimum absolute atomic E-state index is 0.0607. The number of ether oxygens (including phenoxy) is 1. The molecule has 63 heavy (non-hydrogen) atoms. The minimum atomic E-state index is -1.72. The second-order valence-corrected chi connectivity index (χ2v) is 28.0. The Balaban J connectivity index is 2.55. The van der Waals surface area contributed by atoms with Crippen LogP contribution >= 0.6 is 0 Å². The predicted octanol–water partition coefficient (Wildman–Crippen LogP) is 18.3. The molecular formula is C57H102O4Si2. The highest BCUT2D eigenvalue weighted by atomic mass is 28.4. The average molecular weight is 908 g/mol. The Morgan fingerprint density at radius 1 is 0.556 bits per heavy atom. The van der Waals surface area contributed by atoms with Crippen molar-refractivity contribution in [2.75, 3.05) is 6.61 Å². The van der Waals surface area contributed by atoms with Crippen molar-refractivity contribution in [1.82, 2.24) is 0 Å². The smallest absolute Gasteiger partial charge is 0.305 e. The average Bonchev–Trinajstić information content (AvgIpc) is 3.59. The van der Waals surface area contributed by atoms with Crippen molar-refractivity contribution in [3.63, 3.8) is 0 Å². The van der Waals surface area contributed by atoms with Gasteiger partial charge in [-0.3, -0.25) is 4.79 Å². The number of hydrogen-bond acceptors (Lipinski definition) is 4. The maximum Gasteiger partial charge on any atom is 0.305 e. The van der Waals surface area contributed by atoms with Crippen LogP contribution in [0, 0.1) is 17.8 Å². The van der Waals surface area contributed by atoms with Crippen molar-refractivity contribution < 1.29 is 18.4 Å². The highest BCUT2D eigenvalue weighted by molar-refractivity contribution is 6.74. The standard InChI is InChI=1S/C57H102O4Si2/c1-10-18-20-22-23-24-25-26-27-28-29-30-31-32-33-34-35-36-40-44-50-59-57(58)47-43-39-38-42-46-54-52(9)51-56(61-63(15-6,16-7)17-8)55(54)49-48-53(45-41-37-21-19-11-2)60-62(12-3,13-4)14-5/h18,20,23-24,26-27,29-30,32-33,35-36,38,42,52-56H,10-17,19,21-22,25,28,31,34,37,39-41,43-51H2,1-9H3/b20-18-,24-23-,27-26-,30-29-,33-32-,36-35-,42-38-/t52-,53-,54-,55+,56+/m0/s1. The Morgan fingerprint density at radius 3 is 1.60 bits per heavy atom. The number of esters is 1. The van der Waals surface area contributed by atoms with Gasteiger partial charge in [-0.1, -0.05) is 179 Å². The first-order valence-electron chi connectivity index (χ1n) is 26.8. The number of carbonyl (C=O) groups excluding carboxylic acids is 1. The van der Waals surface area contributed by atoms with Gasteiger partial charge in [0.2, 0.25) is 0 Å². The van der Waals surface area contributed by atoms with E-state index in [1.807, 2.05) is 0 Å². The maximum atomic E-state index is 12.5. The maximum absolute atomic E-state index is 12.5. The van der Waals surface area contributed by atoms with E-state index in [1.165, 1.54) is 94.1 Å². The first-order valence-corrected chi connectivity index (χ1v) is 31.8. The zero-order valence-corrected chi connectivity index (χ0v) is 44.9.